The van der Waals surface area contributed by atoms with E-state index in [-0.39, 0.29) is 30.2 Å². The average molecular weight is 299 g/mol. The van der Waals surface area contributed by atoms with Crippen molar-refractivity contribution in [1.82, 2.24) is 15.5 Å². The molecule has 1 aliphatic heterocycles. The highest BCUT2D eigenvalue weighted by Crippen LogP contribution is 2.22. The molecule has 1 rings (SSSR count). The lowest BCUT2D eigenvalue weighted by Gasteiger charge is -2.28. The summed E-state index contributed by atoms with van der Waals surface area (Å²) in [6, 6.07) is -0.719. The number of hydrogen-bond acceptors (Lipinski definition) is 3. The third kappa shape index (κ3) is 6.97. The maximum atomic E-state index is 12.2. The van der Waals surface area contributed by atoms with E-state index in [1.165, 1.54) is 0 Å². The minimum absolute atomic E-state index is 0.0675. The Morgan fingerprint density at radius 3 is 2.62 bits per heavy atom. The lowest BCUT2D eigenvalue weighted by Crippen LogP contribution is -2.47. The van der Waals surface area contributed by atoms with E-state index < -0.39 is 12.0 Å². The number of nitrogens with one attached hydrogen (secondary N) is 2. The first-order valence-corrected chi connectivity index (χ1v) is 7.21. The first-order chi connectivity index (χ1) is 9.67. The van der Waals surface area contributed by atoms with Crippen molar-refractivity contribution in [1.29, 1.82) is 0 Å². The molecular formula is C14H25N3O4. The number of rotatable bonds is 4. The summed E-state index contributed by atoms with van der Waals surface area (Å²) in [6.45, 7) is 7.22. The summed E-state index contributed by atoms with van der Waals surface area (Å²) in [5.41, 5.74) is -0.0797. The molecule has 1 atom stereocenters. The highest BCUT2D eigenvalue weighted by Gasteiger charge is 2.25. The van der Waals surface area contributed by atoms with E-state index in [1.807, 2.05) is 20.8 Å². The highest BCUT2D eigenvalue weighted by atomic mass is 16.4. The molecule has 3 N–H and O–H groups in total. The van der Waals surface area contributed by atoms with Gasteiger partial charge >= 0.3 is 12.0 Å². The van der Waals surface area contributed by atoms with Gasteiger partial charge in [-0.25, -0.2) is 4.79 Å². The second kappa shape index (κ2) is 7.28. The first-order valence-electron chi connectivity index (χ1n) is 7.21. The lowest BCUT2D eigenvalue weighted by molar-refractivity contribution is -0.137. The molecule has 0 aromatic carbocycles. The van der Waals surface area contributed by atoms with Crippen LogP contribution in [0.5, 0.6) is 0 Å². The molecule has 0 aliphatic carbocycles. The molecule has 120 valence electrons. The van der Waals surface area contributed by atoms with Crippen molar-refractivity contribution < 1.29 is 19.5 Å². The van der Waals surface area contributed by atoms with Crippen molar-refractivity contribution in [2.75, 3.05) is 19.6 Å². The standard InChI is InChI=1S/C14H25N3O4/c1-14(2,3)9-10(8-12(19)20)16-13(21)17-6-4-11(18)15-5-7-17/h10H,4-9H2,1-3H3,(H,15,18)(H,16,21)(H,19,20). The number of nitrogens with zero attached hydrogens (tertiary/aromatic N) is 1. The van der Waals surface area contributed by atoms with Crippen LogP contribution in [-0.4, -0.2) is 53.6 Å². The molecule has 1 unspecified atom stereocenters. The summed E-state index contributed by atoms with van der Waals surface area (Å²) in [7, 11) is 0. The van der Waals surface area contributed by atoms with Gasteiger partial charge in [0.1, 0.15) is 0 Å². The van der Waals surface area contributed by atoms with E-state index in [2.05, 4.69) is 10.6 Å². The largest absolute Gasteiger partial charge is 0.481 e. The maximum absolute atomic E-state index is 12.2. The maximum Gasteiger partial charge on any atom is 0.317 e. The summed E-state index contributed by atoms with van der Waals surface area (Å²) in [4.78, 5) is 36.0. The Bertz CT molecular complexity index is 404. The van der Waals surface area contributed by atoms with Gasteiger partial charge in [-0.3, -0.25) is 9.59 Å². The number of amides is 3. The SMILES string of the molecule is CC(C)(C)CC(CC(=O)O)NC(=O)N1CCNC(=O)CC1. The fraction of sp³-hybridized carbons (Fsp3) is 0.786. The van der Waals surface area contributed by atoms with Crippen LogP contribution in [0.1, 0.15) is 40.0 Å². The lowest BCUT2D eigenvalue weighted by atomic mass is 9.87. The van der Waals surface area contributed by atoms with Crippen LogP contribution in [0.3, 0.4) is 0 Å². The van der Waals surface area contributed by atoms with E-state index in [4.69, 9.17) is 5.11 Å². The number of carboxylic acids is 1. The van der Waals surface area contributed by atoms with Gasteiger partial charge in [-0.05, 0) is 11.8 Å². The molecular weight excluding hydrogens is 274 g/mol. The Morgan fingerprint density at radius 1 is 1.38 bits per heavy atom. The first kappa shape index (κ1) is 17.3. The molecule has 7 heteroatoms. The number of aliphatic carboxylic acids is 1. The minimum atomic E-state index is -0.933. The van der Waals surface area contributed by atoms with E-state index >= 15 is 0 Å². The molecule has 3 amide bonds. The van der Waals surface area contributed by atoms with Crippen LogP contribution in [0.15, 0.2) is 0 Å². The van der Waals surface area contributed by atoms with Crippen molar-refractivity contribution in [2.24, 2.45) is 5.41 Å². The van der Waals surface area contributed by atoms with Gasteiger partial charge in [0.05, 0.1) is 6.42 Å². The summed E-state index contributed by atoms with van der Waals surface area (Å²) in [5, 5.41) is 14.4. The van der Waals surface area contributed by atoms with Crippen molar-refractivity contribution in [3.8, 4) is 0 Å². The van der Waals surface area contributed by atoms with Crippen LogP contribution in [0, 0.1) is 5.41 Å². The number of carbonyl (C=O) groups excluding carboxylic acids is 2. The predicted molar refractivity (Wildman–Crippen MR) is 77.8 cm³/mol. The van der Waals surface area contributed by atoms with Crippen molar-refractivity contribution in [3.63, 3.8) is 0 Å². The number of carboxylic acid groups (broad SMARTS) is 1. The van der Waals surface area contributed by atoms with Crippen LogP contribution in [0.2, 0.25) is 0 Å². The molecule has 0 saturated carbocycles. The zero-order valence-electron chi connectivity index (χ0n) is 12.9. The number of carbonyl (C=O) groups is 3. The smallest absolute Gasteiger partial charge is 0.317 e. The molecule has 1 fully saturated rings. The normalized spacial score (nSPS) is 17.7. The van der Waals surface area contributed by atoms with Crippen LogP contribution in [0.25, 0.3) is 0 Å². The van der Waals surface area contributed by atoms with Gasteiger partial charge in [0, 0.05) is 32.1 Å². The Hall–Kier alpha value is -1.79. The van der Waals surface area contributed by atoms with Gasteiger partial charge in [0.15, 0.2) is 0 Å². The average Bonchev–Trinajstić information content (AvgIpc) is 2.50. The Kier molecular flexibility index (Phi) is 5.99. The summed E-state index contributed by atoms with van der Waals surface area (Å²) >= 11 is 0. The molecule has 0 bridgehead atoms. The molecule has 21 heavy (non-hydrogen) atoms. The van der Waals surface area contributed by atoms with Gasteiger partial charge in [0.25, 0.3) is 0 Å². The third-order valence-corrected chi connectivity index (χ3v) is 3.21. The van der Waals surface area contributed by atoms with Crippen LogP contribution in [-0.2, 0) is 9.59 Å². The predicted octanol–water partition coefficient (Wildman–Crippen LogP) is 0.797. The second-order valence-electron chi connectivity index (χ2n) is 6.60. The second-order valence-corrected chi connectivity index (χ2v) is 6.60. The molecule has 1 heterocycles. The van der Waals surface area contributed by atoms with Gasteiger partial charge in [-0.2, -0.15) is 0 Å². The summed E-state index contributed by atoms with van der Waals surface area (Å²) in [5.74, 6) is -1.00. The molecule has 7 nitrogen and oxygen atoms in total. The van der Waals surface area contributed by atoms with Gasteiger partial charge in [-0.15, -0.1) is 0 Å². The van der Waals surface area contributed by atoms with Gasteiger partial charge in [-0.1, -0.05) is 20.8 Å². The molecule has 0 radical (unpaired) electrons. The quantitative estimate of drug-likeness (QED) is 0.715. The number of urea groups is 1. The molecule has 1 aliphatic rings. The molecule has 0 aromatic rings. The highest BCUT2D eigenvalue weighted by molar-refractivity contribution is 5.79. The molecule has 0 aromatic heterocycles. The van der Waals surface area contributed by atoms with Crippen molar-refractivity contribution in [2.45, 2.75) is 46.1 Å². The van der Waals surface area contributed by atoms with Crippen LogP contribution >= 0.6 is 0 Å². The summed E-state index contributed by atoms with van der Waals surface area (Å²) in [6.07, 6.45) is 0.750. The Labute approximate surface area is 125 Å². The van der Waals surface area contributed by atoms with E-state index in [1.54, 1.807) is 4.90 Å². The van der Waals surface area contributed by atoms with Gasteiger partial charge in [0.2, 0.25) is 5.91 Å². The fourth-order valence-electron chi connectivity index (χ4n) is 2.36. The van der Waals surface area contributed by atoms with Crippen LogP contribution < -0.4 is 10.6 Å². The van der Waals surface area contributed by atoms with Crippen LogP contribution in [0.4, 0.5) is 4.79 Å². The molecule has 1 saturated heterocycles. The van der Waals surface area contributed by atoms with Gasteiger partial charge < -0.3 is 20.6 Å². The minimum Gasteiger partial charge on any atom is -0.481 e. The van der Waals surface area contributed by atoms with E-state index in [0.29, 0.717) is 26.1 Å². The monoisotopic (exact) mass is 299 g/mol. The van der Waals surface area contributed by atoms with E-state index in [0.717, 1.165) is 0 Å². The zero-order chi connectivity index (χ0) is 16.0. The Morgan fingerprint density at radius 2 is 2.05 bits per heavy atom. The summed E-state index contributed by atoms with van der Waals surface area (Å²) < 4.78 is 0. The fourth-order valence-corrected chi connectivity index (χ4v) is 2.36. The number of hydrogen-bond donors (Lipinski definition) is 3. The molecule has 0 spiro atoms. The van der Waals surface area contributed by atoms with Crippen molar-refractivity contribution >= 4 is 17.9 Å². The third-order valence-electron chi connectivity index (χ3n) is 3.21. The zero-order valence-corrected chi connectivity index (χ0v) is 12.9. The topological polar surface area (TPSA) is 98.7 Å². The van der Waals surface area contributed by atoms with Crippen molar-refractivity contribution in [3.05, 3.63) is 0 Å². The van der Waals surface area contributed by atoms with E-state index in [9.17, 15) is 14.4 Å². The Balaban J connectivity index is 2.61.